The number of methoxy groups -OCH3 is 1. The number of amides is 2. The molecule has 1 unspecified atom stereocenters. The van der Waals surface area contributed by atoms with Gasteiger partial charge in [0.05, 0.1) is 12.7 Å². The minimum absolute atomic E-state index is 0.0495. The summed E-state index contributed by atoms with van der Waals surface area (Å²) in [5.41, 5.74) is 2.43. The first-order chi connectivity index (χ1) is 15.0. The van der Waals surface area contributed by atoms with E-state index < -0.39 is 0 Å². The SMILES string of the molecule is COc1cc(SC)ccc1C(=O)Nc1nnc(C2CC(=O)N(c3cccc(C)c3)C2)s1. The Balaban J connectivity index is 1.46. The van der Waals surface area contributed by atoms with Gasteiger partial charge >= 0.3 is 0 Å². The van der Waals surface area contributed by atoms with Crippen molar-refractivity contribution in [3.05, 3.63) is 58.6 Å². The number of hydrogen-bond acceptors (Lipinski definition) is 7. The fourth-order valence-corrected chi connectivity index (χ4v) is 4.78. The summed E-state index contributed by atoms with van der Waals surface area (Å²) < 4.78 is 5.36. The van der Waals surface area contributed by atoms with Crippen LogP contribution in [0.15, 0.2) is 47.4 Å². The van der Waals surface area contributed by atoms with Gasteiger partial charge in [-0.2, -0.15) is 0 Å². The molecule has 0 bridgehead atoms. The highest BCUT2D eigenvalue weighted by molar-refractivity contribution is 7.98. The quantitative estimate of drug-likeness (QED) is 0.558. The van der Waals surface area contributed by atoms with Crippen molar-refractivity contribution in [3.63, 3.8) is 0 Å². The number of ether oxygens (including phenoxy) is 1. The Morgan fingerprint density at radius 3 is 2.84 bits per heavy atom. The topological polar surface area (TPSA) is 84.4 Å². The number of thioether (sulfide) groups is 1. The van der Waals surface area contributed by atoms with Gasteiger partial charge in [0.15, 0.2) is 0 Å². The van der Waals surface area contributed by atoms with Crippen LogP contribution in [0.4, 0.5) is 10.8 Å². The summed E-state index contributed by atoms with van der Waals surface area (Å²) in [6, 6.07) is 13.3. The van der Waals surface area contributed by atoms with E-state index in [-0.39, 0.29) is 17.7 Å². The monoisotopic (exact) mass is 454 g/mol. The van der Waals surface area contributed by atoms with Crippen molar-refractivity contribution >= 4 is 45.7 Å². The van der Waals surface area contributed by atoms with E-state index >= 15 is 0 Å². The standard InChI is InChI=1S/C22H22N4O3S2/c1-13-5-4-6-15(9-13)26-12-14(10-19(26)27)21-24-25-22(31-21)23-20(28)17-8-7-16(30-3)11-18(17)29-2/h4-9,11,14H,10,12H2,1-3H3,(H,23,25,28). The maximum atomic E-state index is 12.7. The number of carbonyl (C=O) groups is 2. The first kappa shape index (κ1) is 21.3. The molecule has 1 N–H and O–H groups in total. The summed E-state index contributed by atoms with van der Waals surface area (Å²) in [6.07, 6.45) is 2.34. The zero-order chi connectivity index (χ0) is 22.0. The van der Waals surface area contributed by atoms with E-state index in [1.54, 1.807) is 22.7 Å². The van der Waals surface area contributed by atoms with Crippen LogP contribution in [-0.4, -0.2) is 41.9 Å². The third-order valence-corrected chi connectivity index (χ3v) is 6.83. The van der Waals surface area contributed by atoms with Crippen LogP contribution in [0.1, 0.15) is 33.3 Å². The van der Waals surface area contributed by atoms with Crippen molar-refractivity contribution in [1.82, 2.24) is 10.2 Å². The van der Waals surface area contributed by atoms with Crippen molar-refractivity contribution in [2.75, 3.05) is 30.1 Å². The van der Waals surface area contributed by atoms with Gasteiger partial charge in [0.2, 0.25) is 11.0 Å². The zero-order valence-corrected chi connectivity index (χ0v) is 19.0. The lowest BCUT2D eigenvalue weighted by Gasteiger charge is -2.16. The van der Waals surface area contributed by atoms with Crippen LogP contribution in [0, 0.1) is 6.92 Å². The van der Waals surface area contributed by atoms with Crippen LogP contribution in [0.25, 0.3) is 0 Å². The number of aromatic nitrogens is 2. The maximum Gasteiger partial charge on any atom is 0.261 e. The first-order valence-electron chi connectivity index (χ1n) is 9.72. The Kier molecular flexibility index (Phi) is 6.24. The molecule has 3 aromatic rings. The van der Waals surface area contributed by atoms with Crippen molar-refractivity contribution < 1.29 is 14.3 Å². The van der Waals surface area contributed by atoms with Crippen LogP contribution in [0.3, 0.4) is 0 Å². The summed E-state index contributed by atoms with van der Waals surface area (Å²) in [5.74, 6) is 0.210. The fourth-order valence-electron chi connectivity index (χ4n) is 3.52. The average molecular weight is 455 g/mol. The highest BCUT2D eigenvalue weighted by Crippen LogP contribution is 2.35. The fraction of sp³-hybridized carbons (Fsp3) is 0.273. The lowest BCUT2D eigenvalue weighted by atomic mass is 10.1. The second-order valence-corrected chi connectivity index (χ2v) is 9.10. The third kappa shape index (κ3) is 4.57. The molecule has 9 heteroatoms. The molecule has 0 aliphatic carbocycles. The molecule has 1 saturated heterocycles. The molecule has 1 aromatic heterocycles. The number of carbonyl (C=O) groups excluding carboxylic acids is 2. The number of aryl methyl sites for hydroxylation is 1. The van der Waals surface area contributed by atoms with Crippen molar-refractivity contribution in [2.45, 2.75) is 24.2 Å². The molecule has 31 heavy (non-hydrogen) atoms. The Morgan fingerprint density at radius 1 is 1.26 bits per heavy atom. The molecular weight excluding hydrogens is 432 g/mol. The van der Waals surface area contributed by atoms with Gasteiger partial charge in [0.25, 0.3) is 5.91 Å². The van der Waals surface area contributed by atoms with Gasteiger partial charge in [0.1, 0.15) is 10.8 Å². The summed E-state index contributed by atoms with van der Waals surface area (Å²) >= 11 is 2.87. The molecule has 160 valence electrons. The van der Waals surface area contributed by atoms with E-state index in [0.29, 0.717) is 29.4 Å². The molecular formula is C22H22N4O3S2. The minimum atomic E-state index is -0.309. The molecule has 0 spiro atoms. The van der Waals surface area contributed by atoms with Gasteiger partial charge < -0.3 is 9.64 Å². The van der Waals surface area contributed by atoms with Crippen LogP contribution < -0.4 is 15.0 Å². The Morgan fingerprint density at radius 2 is 2.10 bits per heavy atom. The molecule has 7 nitrogen and oxygen atoms in total. The molecule has 4 rings (SSSR count). The number of benzene rings is 2. The second-order valence-electron chi connectivity index (χ2n) is 7.21. The van der Waals surface area contributed by atoms with Gasteiger partial charge in [-0.25, -0.2) is 0 Å². The normalized spacial score (nSPS) is 15.9. The lowest BCUT2D eigenvalue weighted by Crippen LogP contribution is -2.24. The molecule has 2 amide bonds. The van der Waals surface area contributed by atoms with Crippen molar-refractivity contribution in [2.24, 2.45) is 0 Å². The van der Waals surface area contributed by atoms with Crippen molar-refractivity contribution in [3.8, 4) is 5.75 Å². The highest BCUT2D eigenvalue weighted by Gasteiger charge is 2.34. The predicted molar refractivity (Wildman–Crippen MR) is 124 cm³/mol. The molecule has 2 aromatic carbocycles. The lowest BCUT2D eigenvalue weighted by molar-refractivity contribution is -0.117. The maximum absolute atomic E-state index is 12.7. The third-order valence-electron chi connectivity index (χ3n) is 5.10. The van der Waals surface area contributed by atoms with Crippen LogP contribution in [0.5, 0.6) is 5.75 Å². The van der Waals surface area contributed by atoms with Crippen molar-refractivity contribution in [1.29, 1.82) is 0 Å². The number of nitrogens with one attached hydrogen (secondary N) is 1. The van der Waals surface area contributed by atoms with Gasteiger partial charge in [-0.1, -0.05) is 23.5 Å². The molecule has 1 fully saturated rings. The minimum Gasteiger partial charge on any atom is -0.496 e. The molecule has 1 aliphatic rings. The van der Waals surface area contributed by atoms with Gasteiger partial charge in [0, 0.05) is 29.5 Å². The van der Waals surface area contributed by atoms with Crippen LogP contribution >= 0.6 is 23.1 Å². The first-order valence-corrected chi connectivity index (χ1v) is 11.8. The molecule has 0 saturated carbocycles. The van der Waals surface area contributed by atoms with Crippen LogP contribution in [-0.2, 0) is 4.79 Å². The number of anilines is 2. The number of rotatable bonds is 6. The number of hydrogen-bond donors (Lipinski definition) is 1. The summed E-state index contributed by atoms with van der Waals surface area (Å²) in [5, 5.41) is 12.3. The Hall–Kier alpha value is -2.91. The van der Waals surface area contributed by atoms with E-state index in [9.17, 15) is 9.59 Å². The van der Waals surface area contributed by atoms with Gasteiger partial charge in [-0.05, 0) is 49.1 Å². The van der Waals surface area contributed by atoms with Gasteiger partial charge in [-0.3, -0.25) is 14.9 Å². The van der Waals surface area contributed by atoms with E-state index in [4.69, 9.17) is 4.74 Å². The zero-order valence-electron chi connectivity index (χ0n) is 17.4. The number of nitrogens with zero attached hydrogens (tertiary/aromatic N) is 3. The molecule has 1 atom stereocenters. The largest absolute Gasteiger partial charge is 0.496 e. The Bertz CT molecular complexity index is 1130. The molecule has 0 radical (unpaired) electrons. The summed E-state index contributed by atoms with van der Waals surface area (Å²) in [6.45, 7) is 2.56. The predicted octanol–water partition coefficient (Wildman–Crippen LogP) is 4.35. The smallest absolute Gasteiger partial charge is 0.261 e. The van der Waals surface area contributed by atoms with Gasteiger partial charge in [-0.15, -0.1) is 22.0 Å². The second kappa shape index (κ2) is 9.07. The summed E-state index contributed by atoms with van der Waals surface area (Å²) in [4.78, 5) is 28.1. The molecule has 1 aliphatic heterocycles. The molecule has 2 heterocycles. The summed E-state index contributed by atoms with van der Waals surface area (Å²) in [7, 11) is 1.54. The van der Waals surface area contributed by atoms with E-state index in [2.05, 4.69) is 15.5 Å². The van der Waals surface area contributed by atoms with E-state index in [1.807, 2.05) is 49.6 Å². The Labute approximate surface area is 188 Å². The van der Waals surface area contributed by atoms with Crippen LogP contribution in [0.2, 0.25) is 0 Å². The van der Waals surface area contributed by atoms with E-state index in [0.717, 1.165) is 21.2 Å². The average Bonchev–Trinajstić information content (AvgIpc) is 3.39. The van der Waals surface area contributed by atoms with E-state index in [1.165, 1.54) is 18.4 Å². The highest BCUT2D eigenvalue weighted by atomic mass is 32.2.